The van der Waals surface area contributed by atoms with Gasteiger partial charge in [0.25, 0.3) is 0 Å². The minimum atomic E-state index is -0.997. The van der Waals surface area contributed by atoms with Crippen molar-refractivity contribution in [2.45, 2.75) is 52.1 Å². The first-order valence-corrected chi connectivity index (χ1v) is 10.3. The molecule has 2 heterocycles. The molecule has 160 valence electrons. The van der Waals surface area contributed by atoms with Crippen LogP contribution in [-0.2, 0) is 5.54 Å². The van der Waals surface area contributed by atoms with Gasteiger partial charge in [-0.15, -0.1) is 0 Å². The van der Waals surface area contributed by atoms with Gasteiger partial charge in [-0.05, 0) is 80.6 Å². The maximum atomic E-state index is 12.9. The number of pyridine rings is 1. The van der Waals surface area contributed by atoms with Crippen molar-refractivity contribution in [1.82, 2.24) is 9.88 Å². The fraction of sp³-hybridized carbons (Fsp3) is 0.522. The zero-order valence-corrected chi connectivity index (χ0v) is 17.9. The quantitative estimate of drug-likeness (QED) is 0.714. The van der Waals surface area contributed by atoms with Crippen molar-refractivity contribution in [2.75, 3.05) is 19.7 Å². The zero-order valence-electron chi connectivity index (χ0n) is 17.9. The van der Waals surface area contributed by atoms with E-state index in [-0.39, 0.29) is 18.0 Å². The maximum absolute atomic E-state index is 12.9. The second-order valence-corrected chi connectivity index (χ2v) is 8.38. The monoisotopic (exact) mass is 403 g/mol. The first kappa shape index (κ1) is 23.3. The summed E-state index contributed by atoms with van der Waals surface area (Å²) in [5.41, 5.74) is 6.34. The minimum absolute atomic E-state index is 0.278. The summed E-state index contributed by atoms with van der Waals surface area (Å²) >= 11 is 0. The highest BCUT2D eigenvalue weighted by Crippen LogP contribution is 2.22. The molecular formula is C23H34FN3O2. The lowest BCUT2D eigenvalue weighted by Gasteiger charge is -2.22. The second kappa shape index (κ2) is 10.1. The highest BCUT2D eigenvalue weighted by molar-refractivity contribution is 5.59. The summed E-state index contributed by atoms with van der Waals surface area (Å²) < 4.78 is 12.9. The van der Waals surface area contributed by atoms with Gasteiger partial charge in [0, 0.05) is 24.3 Å². The number of aliphatic hydroxyl groups is 1. The average Bonchev–Trinajstić information content (AvgIpc) is 3.14. The van der Waals surface area contributed by atoms with Crippen LogP contribution in [0.2, 0.25) is 0 Å². The van der Waals surface area contributed by atoms with E-state index in [1.165, 1.54) is 44.1 Å². The number of aromatic nitrogens is 1. The van der Waals surface area contributed by atoms with Gasteiger partial charge >= 0.3 is 0 Å². The molecule has 1 aliphatic rings. The zero-order chi connectivity index (χ0) is 21.6. The van der Waals surface area contributed by atoms with Crippen LogP contribution in [0, 0.1) is 11.7 Å². The number of hydrogen-bond acceptors (Lipinski definition) is 4. The van der Waals surface area contributed by atoms with E-state index in [4.69, 9.17) is 5.73 Å². The fourth-order valence-electron chi connectivity index (χ4n) is 3.38. The van der Waals surface area contributed by atoms with Crippen molar-refractivity contribution in [1.29, 1.82) is 0 Å². The van der Waals surface area contributed by atoms with E-state index in [0.717, 1.165) is 12.0 Å². The molecule has 0 radical (unpaired) electrons. The molecule has 0 spiro atoms. The van der Waals surface area contributed by atoms with Gasteiger partial charge in [-0.1, -0.05) is 13.8 Å². The third-order valence-electron chi connectivity index (χ3n) is 5.66. The van der Waals surface area contributed by atoms with Gasteiger partial charge in [-0.2, -0.15) is 0 Å². The lowest BCUT2D eigenvalue weighted by Crippen LogP contribution is -2.38. The number of rotatable bonds is 5. The summed E-state index contributed by atoms with van der Waals surface area (Å²) in [7, 11) is 0. The molecule has 3 unspecified atom stereocenters. The second-order valence-electron chi connectivity index (χ2n) is 8.38. The first-order chi connectivity index (χ1) is 13.7. The highest BCUT2D eigenvalue weighted by Gasteiger charge is 2.22. The van der Waals surface area contributed by atoms with Gasteiger partial charge in [0.15, 0.2) is 0 Å². The number of nitrogens with one attached hydrogen (secondary N) is 1. The Morgan fingerprint density at radius 1 is 1.34 bits per heavy atom. The Morgan fingerprint density at radius 3 is 2.52 bits per heavy atom. The first-order valence-electron chi connectivity index (χ1n) is 10.3. The van der Waals surface area contributed by atoms with Crippen LogP contribution in [0.5, 0.6) is 0 Å². The van der Waals surface area contributed by atoms with Crippen LogP contribution in [0.3, 0.4) is 0 Å². The van der Waals surface area contributed by atoms with E-state index < -0.39 is 5.54 Å². The lowest BCUT2D eigenvalue weighted by molar-refractivity contribution is 0.210. The Balaban J connectivity index is 0.000000253. The Hall–Kier alpha value is -2.02. The molecule has 5 nitrogen and oxygen atoms in total. The summed E-state index contributed by atoms with van der Waals surface area (Å²) in [6.07, 6.45) is 2.71. The van der Waals surface area contributed by atoms with Crippen LogP contribution in [0.4, 0.5) is 4.39 Å². The molecule has 1 fully saturated rings. The van der Waals surface area contributed by atoms with Crippen molar-refractivity contribution >= 4 is 0 Å². The van der Waals surface area contributed by atoms with Crippen molar-refractivity contribution in [3.8, 4) is 11.3 Å². The van der Waals surface area contributed by atoms with Crippen LogP contribution < -0.4 is 11.3 Å². The Morgan fingerprint density at radius 2 is 2.00 bits per heavy atom. The van der Waals surface area contributed by atoms with Crippen LogP contribution in [0.15, 0.2) is 41.2 Å². The SMILES string of the molecule is CC(N)(CO)c1cc(-c2ccc(F)cc2)[nH]c(=O)c1.CCC(C)N1CCC(C)C1. The fourth-order valence-corrected chi connectivity index (χ4v) is 3.38. The summed E-state index contributed by atoms with van der Waals surface area (Å²) in [6, 6.07) is 9.61. The molecule has 0 amide bonds. The number of likely N-dealkylation sites (tertiary alicyclic amines) is 1. The van der Waals surface area contributed by atoms with Gasteiger partial charge in [0.1, 0.15) is 5.82 Å². The molecule has 2 aromatic rings. The number of aromatic amines is 1. The van der Waals surface area contributed by atoms with Gasteiger partial charge in [0.05, 0.1) is 12.1 Å². The highest BCUT2D eigenvalue weighted by atomic mass is 19.1. The van der Waals surface area contributed by atoms with E-state index >= 15 is 0 Å². The molecule has 29 heavy (non-hydrogen) atoms. The topological polar surface area (TPSA) is 82.3 Å². The van der Waals surface area contributed by atoms with Crippen molar-refractivity contribution in [2.24, 2.45) is 11.7 Å². The third kappa shape index (κ3) is 6.49. The van der Waals surface area contributed by atoms with E-state index in [0.29, 0.717) is 16.8 Å². The molecule has 1 saturated heterocycles. The Bertz CT molecular complexity index is 833. The molecule has 6 heteroatoms. The van der Waals surface area contributed by atoms with Crippen LogP contribution in [0.1, 0.15) is 46.1 Å². The van der Waals surface area contributed by atoms with Crippen molar-refractivity contribution in [3.63, 3.8) is 0 Å². The van der Waals surface area contributed by atoms with Crippen LogP contribution >= 0.6 is 0 Å². The molecule has 4 N–H and O–H groups in total. The van der Waals surface area contributed by atoms with E-state index in [2.05, 4.69) is 30.7 Å². The summed E-state index contributed by atoms with van der Waals surface area (Å²) in [6.45, 7) is 11.0. The molecule has 3 rings (SSSR count). The van der Waals surface area contributed by atoms with Gasteiger partial charge < -0.3 is 20.7 Å². The molecule has 0 bridgehead atoms. The number of H-pyrrole nitrogens is 1. The molecule has 0 saturated carbocycles. The number of hydrogen-bond donors (Lipinski definition) is 3. The molecule has 1 aliphatic heterocycles. The predicted octanol–water partition coefficient (Wildman–Crippen LogP) is 3.47. The molecule has 1 aromatic heterocycles. The predicted molar refractivity (Wildman–Crippen MR) is 116 cm³/mol. The number of nitrogens with two attached hydrogens (primary N) is 1. The number of benzene rings is 1. The van der Waals surface area contributed by atoms with Crippen molar-refractivity contribution < 1.29 is 9.50 Å². The van der Waals surface area contributed by atoms with Gasteiger partial charge in [-0.25, -0.2) is 4.39 Å². The average molecular weight is 404 g/mol. The maximum Gasteiger partial charge on any atom is 0.248 e. The normalized spacial score (nSPS) is 19.9. The molecule has 1 aromatic carbocycles. The largest absolute Gasteiger partial charge is 0.394 e. The third-order valence-corrected chi connectivity index (χ3v) is 5.66. The number of nitrogens with zero attached hydrogens (tertiary/aromatic N) is 1. The van der Waals surface area contributed by atoms with Crippen molar-refractivity contribution in [3.05, 3.63) is 58.1 Å². The van der Waals surface area contributed by atoms with Gasteiger partial charge in [-0.3, -0.25) is 4.79 Å². The standard InChI is InChI=1S/C14H15FN2O2.C9H19N/c1-14(16,8-18)10-6-12(17-13(19)7-10)9-2-4-11(15)5-3-9;1-4-9(3)10-6-5-8(2)7-10/h2-7,18H,8,16H2,1H3,(H,17,19);8-9H,4-7H2,1-3H3. The summed E-state index contributed by atoms with van der Waals surface area (Å²) in [5, 5.41) is 9.25. The lowest BCUT2D eigenvalue weighted by atomic mass is 9.93. The Labute approximate surface area is 172 Å². The van der Waals surface area contributed by atoms with Crippen LogP contribution in [-0.4, -0.2) is 40.7 Å². The summed E-state index contributed by atoms with van der Waals surface area (Å²) in [4.78, 5) is 16.9. The van der Waals surface area contributed by atoms with E-state index in [1.807, 2.05) is 0 Å². The van der Waals surface area contributed by atoms with E-state index in [1.54, 1.807) is 25.1 Å². The number of aliphatic hydroxyl groups excluding tert-OH is 1. The van der Waals surface area contributed by atoms with E-state index in [9.17, 15) is 14.3 Å². The number of halogens is 1. The van der Waals surface area contributed by atoms with Gasteiger partial charge in [0.2, 0.25) is 5.56 Å². The minimum Gasteiger partial charge on any atom is -0.394 e. The Kier molecular flexibility index (Phi) is 8.14. The summed E-state index contributed by atoms with van der Waals surface area (Å²) in [5.74, 6) is 0.593. The molecule has 3 atom stereocenters. The smallest absolute Gasteiger partial charge is 0.248 e. The molecule has 0 aliphatic carbocycles. The molecular weight excluding hydrogens is 369 g/mol. The van der Waals surface area contributed by atoms with Crippen LogP contribution in [0.25, 0.3) is 11.3 Å².